The van der Waals surface area contributed by atoms with Crippen molar-refractivity contribution in [3.05, 3.63) is 58.6 Å². The van der Waals surface area contributed by atoms with Gasteiger partial charge < -0.3 is 19.5 Å². The average Bonchev–Trinajstić information content (AvgIpc) is 2.66. The van der Waals surface area contributed by atoms with Crippen molar-refractivity contribution in [2.75, 3.05) is 20.8 Å². The zero-order chi connectivity index (χ0) is 19.1. The third kappa shape index (κ3) is 5.13. The maximum Gasteiger partial charge on any atom is 0.342 e. The molecule has 0 heterocycles. The minimum Gasteiger partial charge on any atom is -0.497 e. The molecule has 0 bridgehead atoms. The van der Waals surface area contributed by atoms with Crippen LogP contribution in [0.4, 0.5) is 0 Å². The highest BCUT2D eigenvalue weighted by Crippen LogP contribution is 2.23. The number of nitrogens with one attached hydrogen (secondary N) is 1. The minimum absolute atomic E-state index is 0.161. The van der Waals surface area contributed by atoms with Gasteiger partial charge in [0.1, 0.15) is 17.1 Å². The van der Waals surface area contributed by atoms with Crippen LogP contribution in [0.1, 0.15) is 28.9 Å². The summed E-state index contributed by atoms with van der Waals surface area (Å²) in [5, 5.41) is 3.13. The fourth-order valence-corrected chi connectivity index (χ4v) is 2.50. The molecule has 2 aromatic carbocycles. The van der Waals surface area contributed by atoms with Gasteiger partial charge in [-0.3, -0.25) is 4.79 Å². The van der Waals surface area contributed by atoms with E-state index < -0.39 is 18.5 Å². The first-order valence-electron chi connectivity index (χ1n) is 7.88. The fourth-order valence-electron chi connectivity index (χ4n) is 2.33. The Morgan fingerprint density at radius 1 is 1.12 bits per heavy atom. The summed E-state index contributed by atoms with van der Waals surface area (Å²) in [6.45, 7) is 1.41. The van der Waals surface area contributed by atoms with Gasteiger partial charge in [-0.2, -0.15) is 0 Å². The Balaban J connectivity index is 1.94. The van der Waals surface area contributed by atoms with Crippen molar-refractivity contribution in [1.82, 2.24) is 5.32 Å². The van der Waals surface area contributed by atoms with Crippen LogP contribution >= 0.6 is 11.6 Å². The van der Waals surface area contributed by atoms with E-state index in [-0.39, 0.29) is 11.6 Å². The van der Waals surface area contributed by atoms with E-state index in [9.17, 15) is 9.59 Å². The largest absolute Gasteiger partial charge is 0.497 e. The Labute approximate surface area is 157 Å². The molecule has 7 heteroatoms. The third-order valence-electron chi connectivity index (χ3n) is 3.69. The molecule has 0 aromatic heterocycles. The van der Waals surface area contributed by atoms with E-state index in [0.717, 1.165) is 5.56 Å². The first-order valence-corrected chi connectivity index (χ1v) is 8.26. The summed E-state index contributed by atoms with van der Waals surface area (Å²) < 4.78 is 15.3. The highest BCUT2D eigenvalue weighted by Gasteiger charge is 2.17. The van der Waals surface area contributed by atoms with Crippen LogP contribution in [0.15, 0.2) is 42.5 Å². The standard InChI is InChI=1S/C19H20ClNO5/c1-12(13-5-4-6-15(9-13)24-2)21-18(22)11-26-19(23)16-10-14(20)7-8-17(16)25-3/h4-10,12H,11H2,1-3H3,(H,21,22). The predicted molar refractivity (Wildman–Crippen MR) is 97.8 cm³/mol. The van der Waals surface area contributed by atoms with Crippen molar-refractivity contribution in [3.63, 3.8) is 0 Å². The molecule has 1 atom stereocenters. The molecule has 2 rings (SSSR count). The highest BCUT2D eigenvalue weighted by atomic mass is 35.5. The molecule has 0 fully saturated rings. The van der Waals surface area contributed by atoms with Gasteiger partial charge in [-0.25, -0.2) is 4.79 Å². The van der Waals surface area contributed by atoms with Gasteiger partial charge in [0, 0.05) is 5.02 Å². The van der Waals surface area contributed by atoms with Crippen molar-refractivity contribution in [1.29, 1.82) is 0 Å². The summed E-state index contributed by atoms with van der Waals surface area (Å²) in [5.41, 5.74) is 1.04. The lowest BCUT2D eigenvalue weighted by atomic mass is 10.1. The molecule has 0 aliphatic carbocycles. The second kappa shape index (κ2) is 9.10. The van der Waals surface area contributed by atoms with E-state index in [1.54, 1.807) is 19.2 Å². The monoisotopic (exact) mass is 377 g/mol. The molecule has 138 valence electrons. The lowest BCUT2D eigenvalue weighted by Gasteiger charge is -2.15. The van der Waals surface area contributed by atoms with Crippen molar-refractivity contribution in [2.45, 2.75) is 13.0 Å². The molecule has 0 saturated heterocycles. The van der Waals surface area contributed by atoms with Gasteiger partial charge in [0.15, 0.2) is 6.61 Å². The Morgan fingerprint density at radius 3 is 2.58 bits per heavy atom. The lowest BCUT2D eigenvalue weighted by molar-refractivity contribution is -0.124. The number of methoxy groups -OCH3 is 2. The first kappa shape index (κ1) is 19.6. The van der Waals surface area contributed by atoms with E-state index in [1.807, 2.05) is 31.2 Å². The fraction of sp³-hybridized carbons (Fsp3) is 0.263. The molecule has 1 unspecified atom stereocenters. The van der Waals surface area contributed by atoms with E-state index in [1.165, 1.54) is 13.2 Å². The van der Waals surface area contributed by atoms with E-state index in [2.05, 4.69) is 5.32 Å². The number of rotatable bonds is 7. The van der Waals surface area contributed by atoms with E-state index >= 15 is 0 Å². The van der Waals surface area contributed by atoms with Crippen LogP contribution in [0.25, 0.3) is 0 Å². The second-order valence-electron chi connectivity index (χ2n) is 5.49. The maximum atomic E-state index is 12.2. The Bertz CT molecular complexity index is 793. The van der Waals surface area contributed by atoms with Crippen LogP contribution in [-0.2, 0) is 9.53 Å². The molecule has 1 amide bonds. The number of amides is 1. The molecule has 1 N–H and O–H groups in total. The van der Waals surface area contributed by atoms with Gasteiger partial charge >= 0.3 is 5.97 Å². The number of benzene rings is 2. The minimum atomic E-state index is -0.687. The molecular weight excluding hydrogens is 358 g/mol. The van der Waals surface area contributed by atoms with Crippen LogP contribution in [-0.4, -0.2) is 32.7 Å². The van der Waals surface area contributed by atoms with Gasteiger partial charge in [0.05, 0.1) is 20.3 Å². The molecule has 0 radical (unpaired) electrons. The SMILES string of the molecule is COc1cccc(C(C)NC(=O)COC(=O)c2cc(Cl)ccc2OC)c1. The normalized spacial score (nSPS) is 11.4. The molecular formula is C19H20ClNO5. The van der Waals surface area contributed by atoms with Crippen molar-refractivity contribution < 1.29 is 23.8 Å². The summed E-state index contributed by atoms with van der Waals surface area (Å²) in [5.74, 6) is -0.0872. The molecule has 2 aromatic rings. The van der Waals surface area contributed by atoms with Gasteiger partial charge in [0.2, 0.25) is 0 Å². The summed E-state index contributed by atoms with van der Waals surface area (Å²) >= 11 is 5.89. The van der Waals surface area contributed by atoms with E-state index in [0.29, 0.717) is 16.5 Å². The zero-order valence-corrected chi connectivity index (χ0v) is 15.5. The van der Waals surface area contributed by atoms with Crippen LogP contribution in [0.5, 0.6) is 11.5 Å². The van der Waals surface area contributed by atoms with Gasteiger partial charge in [-0.1, -0.05) is 23.7 Å². The zero-order valence-electron chi connectivity index (χ0n) is 14.7. The number of esters is 1. The average molecular weight is 378 g/mol. The summed E-state index contributed by atoms with van der Waals surface area (Å²) in [6, 6.07) is 11.7. The molecule has 0 saturated carbocycles. The number of hydrogen-bond acceptors (Lipinski definition) is 5. The maximum absolute atomic E-state index is 12.2. The molecule has 0 spiro atoms. The number of carbonyl (C=O) groups is 2. The molecule has 26 heavy (non-hydrogen) atoms. The van der Waals surface area contributed by atoms with Crippen molar-refractivity contribution >= 4 is 23.5 Å². The third-order valence-corrected chi connectivity index (χ3v) is 3.92. The Morgan fingerprint density at radius 2 is 1.88 bits per heavy atom. The Kier molecular flexibility index (Phi) is 6.86. The van der Waals surface area contributed by atoms with Crippen LogP contribution in [0.3, 0.4) is 0 Å². The quantitative estimate of drug-likeness (QED) is 0.748. The summed E-state index contributed by atoms with van der Waals surface area (Å²) in [7, 11) is 3.01. The number of hydrogen-bond donors (Lipinski definition) is 1. The number of carbonyl (C=O) groups excluding carboxylic acids is 2. The van der Waals surface area contributed by atoms with Crippen molar-refractivity contribution in [3.8, 4) is 11.5 Å². The Hall–Kier alpha value is -2.73. The first-order chi connectivity index (χ1) is 12.4. The van der Waals surface area contributed by atoms with Crippen LogP contribution in [0, 0.1) is 0 Å². The van der Waals surface area contributed by atoms with Gasteiger partial charge in [0.25, 0.3) is 5.91 Å². The summed E-state index contributed by atoms with van der Waals surface area (Å²) in [6.07, 6.45) is 0. The smallest absolute Gasteiger partial charge is 0.342 e. The predicted octanol–water partition coefficient (Wildman–Crippen LogP) is 3.39. The van der Waals surface area contributed by atoms with Crippen molar-refractivity contribution in [2.24, 2.45) is 0 Å². The van der Waals surface area contributed by atoms with Gasteiger partial charge in [-0.05, 0) is 42.8 Å². The number of ether oxygens (including phenoxy) is 3. The molecule has 6 nitrogen and oxygen atoms in total. The van der Waals surface area contributed by atoms with Gasteiger partial charge in [-0.15, -0.1) is 0 Å². The number of halogens is 1. The highest BCUT2D eigenvalue weighted by molar-refractivity contribution is 6.31. The molecule has 0 aliphatic rings. The second-order valence-corrected chi connectivity index (χ2v) is 5.92. The van der Waals surface area contributed by atoms with E-state index in [4.69, 9.17) is 25.8 Å². The topological polar surface area (TPSA) is 73.9 Å². The van der Waals surface area contributed by atoms with Crippen LogP contribution in [0.2, 0.25) is 5.02 Å². The summed E-state index contributed by atoms with van der Waals surface area (Å²) in [4.78, 5) is 24.2. The van der Waals surface area contributed by atoms with Crippen LogP contribution < -0.4 is 14.8 Å². The molecule has 0 aliphatic heterocycles. The lowest BCUT2D eigenvalue weighted by Crippen LogP contribution is -2.31.